The highest BCUT2D eigenvalue weighted by molar-refractivity contribution is 9.10. The van der Waals surface area contributed by atoms with Crippen LogP contribution in [0.15, 0.2) is 33.2 Å². The highest BCUT2D eigenvalue weighted by atomic mass is 79.9. The summed E-state index contributed by atoms with van der Waals surface area (Å²) in [5.41, 5.74) is 0.616. The lowest BCUT2D eigenvalue weighted by atomic mass is 10.2. The first-order chi connectivity index (χ1) is 6.16. The first-order valence-corrected chi connectivity index (χ1v) is 4.40. The number of hydrogen-bond acceptors (Lipinski definition) is 1. The van der Waals surface area contributed by atoms with E-state index in [1.165, 1.54) is 0 Å². The fraction of sp³-hybridized carbons (Fsp3) is 0. The Hall–Kier alpha value is -1.29. The summed E-state index contributed by atoms with van der Waals surface area (Å²) >= 11 is 3.29. The van der Waals surface area contributed by atoms with Crippen LogP contribution in [0.2, 0.25) is 0 Å². The fourth-order valence-electron chi connectivity index (χ4n) is 1.12. The summed E-state index contributed by atoms with van der Waals surface area (Å²) < 4.78 is 6.03. The monoisotopic (exact) mass is 241 g/mol. The summed E-state index contributed by atoms with van der Waals surface area (Å²) in [5.74, 6) is -0.722. The fourth-order valence-corrected chi connectivity index (χ4v) is 1.46. The second-order valence-electron chi connectivity index (χ2n) is 2.62. The van der Waals surface area contributed by atoms with Gasteiger partial charge in [0, 0.05) is 15.9 Å². The first kappa shape index (κ1) is 8.31. The molecule has 0 aliphatic heterocycles. The Morgan fingerprint density at radius 1 is 1.38 bits per heavy atom. The van der Waals surface area contributed by atoms with E-state index in [0.29, 0.717) is 5.58 Å². The van der Waals surface area contributed by atoms with Gasteiger partial charge in [-0.2, -0.15) is 0 Å². The largest absolute Gasteiger partial charge is 0.552 e. The third-order valence-electron chi connectivity index (χ3n) is 1.70. The van der Waals surface area contributed by atoms with Crippen molar-refractivity contribution in [3.63, 3.8) is 0 Å². The van der Waals surface area contributed by atoms with Gasteiger partial charge >= 0.3 is 5.97 Å². The Kier molecular flexibility index (Phi) is 1.84. The normalized spacial score (nSPS) is 10.5. The van der Waals surface area contributed by atoms with E-state index in [4.69, 9.17) is 14.3 Å². The predicted octanol–water partition coefficient (Wildman–Crippen LogP) is 2.60. The summed E-state index contributed by atoms with van der Waals surface area (Å²) in [6.07, 6.45) is 0. The highest BCUT2D eigenvalue weighted by Crippen LogP contribution is 2.22. The van der Waals surface area contributed by atoms with E-state index in [-0.39, 0.29) is 5.76 Å². The molecule has 1 aromatic carbocycles. The molecule has 66 valence electrons. The second-order valence-corrected chi connectivity index (χ2v) is 3.53. The van der Waals surface area contributed by atoms with Crippen LogP contribution in [-0.2, 0) is 0 Å². The molecular formula is C9H6BrO3+. The molecule has 1 heterocycles. The quantitative estimate of drug-likeness (QED) is 0.781. The van der Waals surface area contributed by atoms with Gasteiger partial charge < -0.3 is 14.3 Å². The minimum atomic E-state index is -0.799. The zero-order valence-corrected chi connectivity index (χ0v) is 8.08. The standard InChI is InChI=1S/C9H5BrO3/c10-6-2-1-5-3-8(9(11)12)13-7(5)4-6/h1-4H,(H,11,12)/p+1. The van der Waals surface area contributed by atoms with Gasteiger partial charge in [0.2, 0.25) is 0 Å². The molecule has 0 spiro atoms. The van der Waals surface area contributed by atoms with Gasteiger partial charge in [0.15, 0.2) is 0 Å². The van der Waals surface area contributed by atoms with E-state index in [1.54, 1.807) is 12.1 Å². The number of halogens is 1. The van der Waals surface area contributed by atoms with Gasteiger partial charge in [0.1, 0.15) is 5.58 Å². The predicted molar refractivity (Wildman–Crippen MR) is 52.6 cm³/mol. The molecule has 3 nitrogen and oxygen atoms in total. The molecule has 4 heteroatoms. The van der Waals surface area contributed by atoms with Crippen LogP contribution >= 0.6 is 15.9 Å². The van der Waals surface area contributed by atoms with E-state index in [2.05, 4.69) is 15.9 Å². The van der Waals surface area contributed by atoms with Crippen LogP contribution in [0, 0.1) is 0 Å². The Morgan fingerprint density at radius 2 is 2.15 bits per heavy atom. The van der Waals surface area contributed by atoms with E-state index in [9.17, 15) is 0 Å². The zero-order valence-electron chi connectivity index (χ0n) is 6.49. The van der Waals surface area contributed by atoms with Gasteiger partial charge in [-0.15, -0.1) is 0 Å². The van der Waals surface area contributed by atoms with E-state index in [1.807, 2.05) is 12.1 Å². The molecule has 0 aliphatic rings. The molecule has 0 saturated carbocycles. The maximum atomic E-state index is 8.76. The number of fused-ring (bicyclic) bond motifs is 1. The van der Waals surface area contributed by atoms with Crippen molar-refractivity contribution in [2.75, 3.05) is 0 Å². The van der Waals surface area contributed by atoms with Gasteiger partial charge in [-0.3, -0.25) is 0 Å². The van der Waals surface area contributed by atoms with Gasteiger partial charge in [-0.05, 0) is 18.2 Å². The van der Waals surface area contributed by atoms with Crippen molar-refractivity contribution in [2.24, 2.45) is 0 Å². The van der Waals surface area contributed by atoms with Crippen LogP contribution in [0.5, 0.6) is 0 Å². The smallest absolute Gasteiger partial charge is 0.444 e. The molecule has 2 aromatic rings. The number of carboxylic acids is 1. The van der Waals surface area contributed by atoms with Gasteiger partial charge in [0.25, 0.3) is 5.76 Å². The van der Waals surface area contributed by atoms with Gasteiger partial charge in [0.05, 0.1) is 0 Å². The van der Waals surface area contributed by atoms with E-state index >= 15 is 0 Å². The molecule has 2 rings (SSSR count). The average molecular weight is 242 g/mol. The minimum Gasteiger partial charge on any atom is -0.444 e. The number of benzene rings is 1. The Morgan fingerprint density at radius 3 is 2.85 bits per heavy atom. The molecule has 0 amide bonds. The van der Waals surface area contributed by atoms with Gasteiger partial charge in [-0.25, -0.2) is 0 Å². The molecule has 0 bridgehead atoms. The lowest BCUT2D eigenvalue weighted by Gasteiger charge is -1.87. The van der Waals surface area contributed by atoms with Crippen molar-refractivity contribution in [1.29, 1.82) is 0 Å². The Balaban J connectivity index is 2.68. The molecule has 13 heavy (non-hydrogen) atoms. The van der Waals surface area contributed by atoms with Crippen molar-refractivity contribution in [1.82, 2.24) is 0 Å². The van der Waals surface area contributed by atoms with E-state index in [0.717, 1.165) is 9.86 Å². The van der Waals surface area contributed by atoms with E-state index < -0.39 is 5.97 Å². The molecule has 0 saturated heterocycles. The zero-order chi connectivity index (χ0) is 9.42. The summed E-state index contributed by atoms with van der Waals surface area (Å²) in [4.78, 5) is 8.76. The molecule has 0 atom stereocenters. The third kappa shape index (κ3) is 1.45. The lowest BCUT2D eigenvalue weighted by molar-refractivity contribution is 0.436. The first-order valence-electron chi connectivity index (χ1n) is 3.61. The Bertz CT molecular complexity index is 473. The molecule has 0 fully saturated rings. The van der Waals surface area contributed by atoms with Crippen molar-refractivity contribution < 1.29 is 14.3 Å². The maximum Gasteiger partial charge on any atom is 0.552 e. The Labute approximate surface area is 82.1 Å². The SMILES string of the molecule is OC(=[OH+])c1cc2ccc(Br)cc2o1. The van der Waals surface area contributed by atoms with Crippen LogP contribution in [-0.4, -0.2) is 15.9 Å². The molecule has 0 radical (unpaired) electrons. The number of carboxylic acid groups (broad SMARTS) is 1. The van der Waals surface area contributed by atoms with Crippen LogP contribution in [0.3, 0.4) is 0 Å². The van der Waals surface area contributed by atoms with Crippen LogP contribution < -0.4 is 0 Å². The highest BCUT2D eigenvalue weighted by Gasteiger charge is 2.15. The number of furan rings is 1. The maximum absolute atomic E-state index is 8.76. The second kappa shape index (κ2) is 2.88. The number of aliphatic hydroxyl groups excluding tert-OH is 1. The average Bonchev–Trinajstić information content (AvgIpc) is 2.46. The third-order valence-corrected chi connectivity index (χ3v) is 2.20. The van der Waals surface area contributed by atoms with Crippen LogP contribution in [0.4, 0.5) is 0 Å². The summed E-state index contributed by atoms with van der Waals surface area (Å²) in [6, 6.07) is 7.02. The number of rotatable bonds is 1. The van der Waals surface area contributed by atoms with Crippen LogP contribution in [0.25, 0.3) is 11.0 Å². The van der Waals surface area contributed by atoms with Crippen molar-refractivity contribution in [2.45, 2.75) is 0 Å². The topological polar surface area (TPSA) is 54.8 Å². The van der Waals surface area contributed by atoms with Crippen molar-refractivity contribution >= 4 is 32.9 Å². The lowest BCUT2D eigenvalue weighted by Crippen LogP contribution is -1.93. The number of aromatic carboxylic acids is 1. The molecular weight excluding hydrogens is 236 g/mol. The number of hydrogen-bond donors (Lipinski definition) is 1. The summed E-state index contributed by atoms with van der Waals surface area (Å²) in [5, 5.41) is 9.59. The molecule has 0 aliphatic carbocycles. The van der Waals surface area contributed by atoms with Crippen LogP contribution in [0.1, 0.15) is 5.76 Å². The molecule has 2 N–H and O–H groups in total. The summed E-state index contributed by atoms with van der Waals surface area (Å²) in [7, 11) is 0. The molecule has 0 unspecified atom stereocenters. The van der Waals surface area contributed by atoms with Crippen molar-refractivity contribution in [3.05, 3.63) is 34.5 Å². The molecule has 1 aromatic heterocycles. The minimum absolute atomic E-state index is 0.0769. The van der Waals surface area contributed by atoms with Gasteiger partial charge in [-0.1, -0.05) is 15.9 Å². The van der Waals surface area contributed by atoms with Crippen molar-refractivity contribution in [3.8, 4) is 0 Å². The summed E-state index contributed by atoms with van der Waals surface area (Å²) in [6.45, 7) is 0.